The molecule has 1 N–H and O–H groups in total. The Bertz CT molecular complexity index is 1190. The summed E-state index contributed by atoms with van der Waals surface area (Å²) in [7, 11) is 0. The number of hydrogen-bond donors (Lipinski definition) is 1. The molecule has 14 atom stereocenters. The third-order valence-corrected chi connectivity index (χ3v) is 13.3. The third kappa shape index (κ3) is 7.57. The normalized spacial score (nSPS) is 39.9. The monoisotopic (exact) mass is 778 g/mol. The highest BCUT2D eigenvalue weighted by molar-refractivity contribution is 5.09. The van der Waals surface area contributed by atoms with Gasteiger partial charge < -0.3 is 24.1 Å². The van der Waals surface area contributed by atoms with E-state index in [0.29, 0.717) is 31.6 Å². The van der Waals surface area contributed by atoms with Gasteiger partial charge in [0.1, 0.15) is 0 Å². The molecule has 304 valence electrons. The van der Waals surface area contributed by atoms with Gasteiger partial charge in [-0.2, -0.15) is 52.7 Å². The number of alkyl halides is 12. The predicted octanol–water partition coefficient (Wildman–Crippen LogP) is 9.80. The molecule has 2 saturated heterocycles. The molecule has 0 aromatic rings. The molecule has 0 aromatic heterocycles. The SMILES string of the molecule is CC1CC2C3CC(CC(O)(C(F)(F)F)C(F)(F)F)C(C3)C2OC1C.CCOC(C)OC(CC1CC2CC1C1OC(C)CCC21)(C(F)(F)F)C(F)(F)F. The maximum absolute atomic E-state index is 13.8. The molecule has 6 aliphatic rings. The number of rotatable bonds is 8. The maximum atomic E-state index is 13.8. The van der Waals surface area contributed by atoms with Crippen LogP contribution < -0.4 is 0 Å². The van der Waals surface area contributed by atoms with E-state index in [0.717, 1.165) is 26.2 Å². The van der Waals surface area contributed by atoms with Crippen LogP contribution in [0.2, 0.25) is 0 Å². The second kappa shape index (κ2) is 14.5. The Kier molecular flexibility index (Phi) is 11.7. The van der Waals surface area contributed by atoms with Gasteiger partial charge in [0.05, 0.1) is 24.4 Å². The van der Waals surface area contributed by atoms with E-state index in [9.17, 15) is 57.8 Å². The number of hydrogen-bond acceptors (Lipinski definition) is 5. The van der Waals surface area contributed by atoms with Crippen LogP contribution in [0.5, 0.6) is 0 Å². The second-order valence-corrected chi connectivity index (χ2v) is 16.4. The lowest BCUT2D eigenvalue weighted by Crippen LogP contribution is -2.61. The molecule has 6 fully saturated rings. The van der Waals surface area contributed by atoms with Crippen LogP contribution in [0.15, 0.2) is 0 Å². The minimum atomic E-state index is -5.73. The Morgan fingerprint density at radius 2 is 1.13 bits per heavy atom. The molecule has 4 aliphatic carbocycles. The standard InChI is InChI=1S/C19H28F6O3.C16H22F6O2/c1-4-26-11(3)28-17(18(20,21)22,19(23,24)25)9-13-7-12-8-15(13)16-14(12)6-5-10(2)27-16;1-7-3-11-9-4-10(12(5-9)13(11)24-8(7)2)6-14(23,15(17,18)19)16(20,21)22/h10-16H,4-9H2,1-3H3;7-13,23H,3-6H2,1-2H3. The van der Waals surface area contributed by atoms with Crippen molar-refractivity contribution in [3.05, 3.63) is 0 Å². The number of ether oxygens (including phenoxy) is 4. The summed E-state index contributed by atoms with van der Waals surface area (Å²) in [6.07, 6.45) is -22.7. The van der Waals surface area contributed by atoms with Gasteiger partial charge in [-0.25, -0.2) is 0 Å². The molecule has 5 nitrogen and oxygen atoms in total. The van der Waals surface area contributed by atoms with E-state index in [4.69, 9.17) is 14.2 Å². The van der Waals surface area contributed by atoms with Gasteiger partial charge in [-0.05, 0) is 139 Å². The van der Waals surface area contributed by atoms with Crippen molar-refractivity contribution in [2.45, 2.75) is 159 Å². The minimum absolute atomic E-state index is 0.00883. The predicted molar refractivity (Wildman–Crippen MR) is 161 cm³/mol. The van der Waals surface area contributed by atoms with Crippen LogP contribution in [0.4, 0.5) is 52.7 Å². The van der Waals surface area contributed by atoms with Crippen LogP contribution in [-0.2, 0) is 18.9 Å². The fourth-order valence-corrected chi connectivity index (χ4v) is 10.7. The molecule has 6 rings (SSSR count). The van der Waals surface area contributed by atoms with Crippen molar-refractivity contribution in [1.82, 2.24) is 0 Å². The van der Waals surface area contributed by atoms with E-state index in [1.54, 1.807) is 0 Å². The van der Waals surface area contributed by atoms with Crippen molar-refractivity contribution < 1.29 is 76.7 Å². The Hall–Kier alpha value is -1.04. The smallest absolute Gasteiger partial charge is 0.375 e. The van der Waals surface area contributed by atoms with E-state index in [-0.39, 0.29) is 66.5 Å². The van der Waals surface area contributed by atoms with Crippen molar-refractivity contribution in [2.75, 3.05) is 6.61 Å². The summed E-state index contributed by atoms with van der Waals surface area (Å²) in [5.74, 6) is -1.11. The largest absolute Gasteiger partial charge is 0.426 e. The first-order valence-electron chi connectivity index (χ1n) is 18.3. The van der Waals surface area contributed by atoms with E-state index in [1.165, 1.54) is 6.92 Å². The molecule has 4 bridgehead atoms. The van der Waals surface area contributed by atoms with Gasteiger partial charge in [0.15, 0.2) is 6.29 Å². The second-order valence-electron chi connectivity index (χ2n) is 16.4. The molecule has 0 aromatic carbocycles. The van der Waals surface area contributed by atoms with Gasteiger partial charge >= 0.3 is 24.7 Å². The van der Waals surface area contributed by atoms with E-state index in [2.05, 4.69) is 11.7 Å². The zero-order valence-corrected chi connectivity index (χ0v) is 29.8. The summed E-state index contributed by atoms with van der Waals surface area (Å²) in [6.45, 7) is 8.36. The Morgan fingerprint density at radius 3 is 1.63 bits per heavy atom. The molecular formula is C35H50F12O5. The van der Waals surface area contributed by atoms with Crippen molar-refractivity contribution >= 4 is 0 Å². The fourth-order valence-electron chi connectivity index (χ4n) is 10.7. The first kappa shape index (κ1) is 42.1. The highest BCUT2D eigenvalue weighted by Crippen LogP contribution is 2.62. The summed E-state index contributed by atoms with van der Waals surface area (Å²) < 4.78 is 182. The highest BCUT2D eigenvalue weighted by Gasteiger charge is 2.75. The van der Waals surface area contributed by atoms with Crippen LogP contribution in [0.25, 0.3) is 0 Å². The van der Waals surface area contributed by atoms with Crippen LogP contribution in [0, 0.1) is 53.3 Å². The van der Waals surface area contributed by atoms with Gasteiger partial charge in [0.25, 0.3) is 11.2 Å². The molecule has 2 heterocycles. The minimum Gasteiger partial charge on any atom is -0.375 e. The molecule has 17 heteroatoms. The van der Waals surface area contributed by atoms with E-state index >= 15 is 0 Å². The first-order valence-corrected chi connectivity index (χ1v) is 18.3. The van der Waals surface area contributed by atoms with Gasteiger partial charge in [0.2, 0.25) is 0 Å². The van der Waals surface area contributed by atoms with Gasteiger partial charge in [-0.1, -0.05) is 6.92 Å². The van der Waals surface area contributed by atoms with Gasteiger partial charge in [0, 0.05) is 6.61 Å². The Morgan fingerprint density at radius 1 is 0.635 bits per heavy atom. The zero-order chi connectivity index (χ0) is 39.0. The van der Waals surface area contributed by atoms with Crippen LogP contribution in [0.3, 0.4) is 0 Å². The van der Waals surface area contributed by atoms with Gasteiger partial charge in [-0.3, -0.25) is 0 Å². The Labute approximate surface area is 295 Å². The van der Waals surface area contributed by atoms with E-state index < -0.39 is 66.9 Å². The number of fused-ring (bicyclic) bond motifs is 10. The lowest BCUT2D eigenvalue weighted by Gasteiger charge is -2.45. The summed E-state index contributed by atoms with van der Waals surface area (Å²) >= 11 is 0. The quantitative estimate of drug-likeness (QED) is 0.197. The lowest BCUT2D eigenvalue weighted by atomic mass is 9.71. The molecule has 4 saturated carbocycles. The zero-order valence-electron chi connectivity index (χ0n) is 29.8. The molecule has 0 amide bonds. The topological polar surface area (TPSA) is 57.2 Å². The van der Waals surface area contributed by atoms with Crippen molar-refractivity contribution in [3.8, 4) is 0 Å². The number of aliphatic hydroxyl groups is 1. The summed E-state index contributed by atoms with van der Waals surface area (Å²) in [5.41, 5.74) is -8.88. The van der Waals surface area contributed by atoms with E-state index in [1.807, 2.05) is 13.8 Å². The first-order chi connectivity index (χ1) is 23.7. The molecule has 0 spiro atoms. The van der Waals surface area contributed by atoms with Crippen molar-refractivity contribution in [3.63, 3.8) is 0 Å². The average Bonchev–Trinajstić information content (AvgIpc) is 3.75. The summed E-state index contributed by atoms with van der Waals surface area (Å²) in [6, 6.07) is 0. The highest BCUT2D eigenvalue weighted by atomic mass is 19.4. The molecular weight excluding hydrogens is 728 g/mol. The average molecular weight is 779 g/mol. The lowest BCUT2D eigenvalue weighted by molar-refractivity contribution is -0.412. The third-order valence-electron chi connectivity index (χ3n) is 13.3. The summed E-state index contributed by atoms with van der Waals surface area (Å²) in [5, 5.41) is 9.47. The van der Waals surface area contributed by atoms with Crippen molar-refractivity contribution in [1.29, 1.82) is 0 Å². The van der Waals surface area contributed by atoms with Crippen LogP contribution in [0.1, 0.15) is 92.4 Å². The van der Waals surface area contributed by atoms with Crippen molar-refractivity contribution in [2.24, 2.45) is 53.3 Å². The number of halogens is 12. The molecule has 52 heavy (non-hydrogen) atoms. The molecule has 2 aliphatic heterocycles. The molecule has 0 radical (unpaired) electrons. The Balaban J connectivity index is 0.000000203. The van der Waals surface area contributed by atoms with Crippen LogP contribution in [-0.4, -0.2) is 78.3 Å². The summed E-state index contributed by atoms with van der Waals surface area (Å²) in [4.78, 5) is 0. The van der Waals surface area contributed by atoms with Gasteiger partial charge in [-0.15, -0.1) is 0 Å². The fraction of sp³-hybridized carbons (Fsp3) is 1.00. The maximum Gasteiger partial charge on any atom is 0.426 e. The van der Waals surface area contributed by atoms with Crippen LogP contribution >= 0.6 is 0 Å². The molecule has 14 unspecified atom stereocenters.